The number of rotatable bonds is 6. The molecule has 0 bridgehead atoms. The number of carbonyl (C=O) groups is 1. The van der Waals surface area contributed by atoms with Gasteiger partial charge < -0.3 is 14.8 Å². The summed E-state index contributed by atoms with van der Waals surface area (Å²) in [6, 6.07) is 2.84. The molecule has 1 aliphatic heterocycles. The highest BCUT2D eigenvalue weighted by atomic mass is 32.1. The molecule has 158 valence electrons. The lowest BCUT2D eigenvalue weighted by Crippen LogP contribution is -2.28. The van der Waals surface area contributed by atoms with Crippen molar-refractivity contribution in [2.24, 2.45) is 5.92 Å². The Morgan fingerprint density at radius 3 is 2.90 bits per heavy atom. The summed E-state index contributed by atoms with van der Waals surface area (Å²) in [6.07, 6.45) is 4.57. The highest BCUT2D eigenvalue weighted by molar-refractivity contribution is 7.22. The van der Waals surface area contributed by atoms with Crippen molar-refractivity contribution in [2.45, 2.75) is 19.8 Å². The van der Waals surface area contributed by atoms with Crippen LogP contribution >= 0.6 is 11.3 Å². The summed E-state index contributed by atoms with van der Waals surface area (Å²) in [4.78, 5) is 25.4. The maximum Gasteiger partial charge on any atom is 0.321 e. The van der Waals surface area contributed by atoms with Crippen LogP contribution in [0.5, 0.6) is 5.88 Å². The van der Waals surface area contributed by atoms with Gasteiger partial charge in [-0.2, -0.15) is 0 Å². The number of thiazole rings is 1. The number of anilines is 1. The summed E-state index contributed by atoms with van der Waals surface area (Å²) >= 11 is 1.25. The number of nitrogens with one attached hydrogen (secondary N) is 2. The lowest BCUT2D eigenvalue weighted by molar-refractivity contribution is 0.0492. The van der Waals surface area contributed by atoms with Crippen molar-refractivity contribution < 1.29 is 18.7 Å². The number of aromatic nitrogens is 3. The summed E-state index contributed by atoms with van der Waals surface area (Å²) in [6.45, 7) is 4.30. The molecule has 0 aromatic carbocycles. The molecule has 30 heavy (non-hydrogen) atoms. The molecule has 3 aromatic heterocycles. The summed E-state index contributed by atoms with van der Waals surface area (Å²) in [5.74, 6) is 0.334. The van der Waals surface area contributed by atoms with E-state index in [1.807, 2.05) is 6.92 Å². The van der Waals surface area contributed by atoms with Gasteiger partial charge in [-0.05, 0) is 37.8 Å². The number of pyridine rings is 2. The first-order valence-corrected chi connectivity index (χ1v) is 10.6. The third-order valence-electron chi connectivity index (χ3n) is 4.72. The number of nitrogens with zero attached hydrogens (tertiary/aromatic N) is 3. The van der Waals surface area contributed by atoms with Crippen molar-refractivity contribution in [3.8, 4) is 17.0 Å². The molecule has 1 saturated heterocycles. The predicted octanol–water partition coefficient (Wildman–Crippen LogP) is 3.84. The molecule has 1 fully saturated rings. The molecule has 10 heteroatoms. The van der Waals surface area contributed by atoms with Crippen LogP contribution in [0.4, 0.5) is 14.3 Å². The molecule has 0 aliphatic carbocycles. The number of halogens is 1. The second-order valence-corrected chi connectivity index (χ2v) is 7.90. The van der Waals surface area contributed by atoms with Crippen molar-refractivity contribution >= 4 is 32.8 Å². The molecule has 0 radical (unpaired) electrons. The van der Waals surface area contributed by atoms with Crippen LogP contribution in [0.25, 0.3) is 21.5 Å². The van der Waals surface area contributed by atoms with E-state index in [-0.39, 0.29) is 6.03 Å². The number of fused-ring (bicyclic) bond motifs is 1. The van der Waals surface area contributed by atoms with Crippen LogP contribution in [0.15, 0.2) is 24.5 Å². The number of hydrogen-bond donors (Lipinski definition) is 2. The Hall–Kier alpha value is -2.85. The van der Waals surface area contributed by atoms with Gasteiger partial charge in [0.25, 0.3) is 0 Å². The maximum atomic E-state index is 13.8. The number of amides is 2. The van der Waals surface area contributed by atoms with E-state index in [0.29, 0.717) is 51.6 Å². The minimum atomic E-state index is -0.445. The third-order valence-corrected chi connectivity index (χ3v) is 5.60. The highest BCUT2D eigenvalue weighted by Crippen LogP contribution is 2.35. The first-order valence-electron chi connectivity index (χ1n) is 9.80. The number of urea groups is 1. The topological polar surface area (TPSA) is 98.3 Å². The van der Waals surface area contributed by atoms with E-state index in [1.54, 1.807) is 12.3 Å². The van der Waals surface area contributed by atoms with E-state index < -0.39 is 5.82 Å². The minimum Gasteiger partial charge on any atom is -0.477 e. The second kappa shape index (κ2) is 9.31. The molecule has 0 unspecified atom stereocenters. The second-order valence-electron chi connectivity index (χ2n) is 6.93. The Morgan fingerprint density at radius 2 is 2.13 bits per heavy atom. The predicted molar refractivity (Wildman–Crippen MR) is 112 cm³/mol. The van der Waals surface area contributed by atoms with Crippen LogP contribution in [0.2, 0.25) is 0 Å². The van der Waals surface area contributed by atoms with E-state index in [0.717, 1.165) is 32.3 Å². The zero-order valence-corrected chi connectivity index (χ0v) is 17.3. The van der Waals surface area contributed by atoms with Gasteiger partial charge in [0.05, 0.1) is 12.8 Å². The molecular weight excluding hydrogens is 409 g/mol. The molecule has 2 amide bonds. The zero-order valence-electron chi connectivity index (χ0n) is 16.5. The van der Waals surface area contributed by atoms with Gasteiger partial charge in [0.15, 0.2) is 5.13 Å². The molecule has 1 aliphatic rings. The Kier molecular flexibility index (Phi) is 6.34. The Labute approximate surface area is 176 Å². The van der Waals surface area contributed by atoms with Gasteiger partial charge in [0.2, 0.25) is 5.88 Å². The summed E-state index contributed by atoms with van der Waals surface area (Å²) in [7, 11) is 0. The molecule has 0 spiro atoms. The fourth-order valence-electron chi connectivity index (χ4n) is 3.19. The maximum absolute atomic E-state index is 13.8. The average Bonchev–Trinajstić information content (AvgIpc) is 3.13. The Bertz CT molecular complexity index is 1040. The van der Waals surface area contributed by atoms with Gasteiger partial charge in [0.1, 0.15) is 16.2 Å². The SMILES string of the molecule is CCNC(=O)Nc1nc2cc(-c3cncc(F)c3)c(OCC3CCOCC3)nc2s1. The normalized spacial score (nSPS) is 14.6. The molecule has 8 nitrogen and oxygen atoms in total. The van der Waals surface area contributed by atoms with E-state index >= 15 is 0 Å². The number of ether oxygens (including phenoxy) is 2. The van der Waals surface area contributed by atoms with Gasteiger partial charge >= 0.3 is 6.03 Å². The molecule has 3 aromatic rings. The molecule has 4 heterocycles. The number of carbonyl (C=O) groups excluding carboxylic acids is 1. The van der Waals surface area contributed by atoms with Crippen molar-refractivity contribution in [1.82, 2.24) is 20.3 Å². The van der Waals surface area contributed by atoms with Crippen molar-refractivity contribution in [1.29, 1.82) is 0 Å². The van der Waals surface area contributed by atoms with E-state index in [9.17, 15) is 9.18 Å². The van der Waals surface area contributed by atoms with E-state index in [4.69, 9.17) is 9.47 Å². The monoisotopic (exact) mass is 431 g/mol. The molecule has 0 saturated carbocycles. The molecule has 0 atom stereocenters. The summed E-state index contributed by atoms with van der Waals surface area (Å²) in [5, 5.41) is 5.78. The van der Waals surface area contributed by atoms with Gasteiger partial charge in [-0.3, -0.25) is 10.3 Å². The third kappa shape index (κ3) is 4.82. The van der Waals surface area contributed by atoms with Gasteiger partial charge in [0, 0.05) is 37.1 Å². The minimum absolute atomic E-state index is 0.331. The van der Waals surface area contributed by atoms with Crippen LogP contribution in [-0.4, -0.2) is 47.3 Å². The first-order chi connectivity index (χ1) is 14.6. The smallest absolute Gasteiger partial charge is 0.321 e. The van der Waals surface area contributed by atoms with E-state index in [2.05, 4.69) is 25.6 Å². The Balaban J connectivity index is 1.66. The molecular formula is C20H22FN5O3S. The molecule has 4 rings (SSSR count). The zero-order chi connectivity index (χ0) is 20.9. The van der Waals surface area contributed by atoms with Crippen molar-refractivity contribution in [2.75, 3.05) is 31.7 Å². The fourth-order valence-corrected chi connectivity index (χ4v) is 4.00. The van der Waals surface area contributed by atoms with Crippen LogP contribution in [-0.2, 0) is 4.74 Å². The quantitative estimate of drug-likeness (QED) is 0.615. The first kappa shape index (κ1) is 20.4. The fraction of sp³-hybridized carbons (Fsp3) is 0.400. The van der Waals surface area contributed by atoms with Crippen molar-refractivity contribution in [3.63, 3.8) is 0 Å². The lowest BCUT2D eigenvalue weighted by atomic mass is 10.0. The Morgan fingerprint density at radius 1 is 1.30 bits per heavy atom. The standard InChI is InChI=1S/C20H22FN5O3S/c1-2-23-19(27)26-20-24-16-8-15(13-7-14(21)10-22-9-13)17(25-18(16)30-20)29-11-12-3-5-28-6-4-12/h7-10,12H,2-6,11H2,1H3,(H2,23,24,26,27). The highest BCUT2D eigenvalue weighted by Gasteiger charge is 2.19. The van der Waals surface area contributed by atoms with Gasteiger partial charge in [-0.1, -0.05) is 11.3 Å². The van der Waals surface area contributed by atoms with Crippen LogP contribution in [0.1, 0.15) is 19.8 Å². The number of hydrogen-bond acceptors (Lipinski definition) is 7. The largest absolute Gasteiger partial charge is 0.477 e. The van der Waals surface area contributed by atoms with Gasteiger partial charge in [-0.15, -0.1) is 0 Å². The van der Waals surface area contributed by atoms with Crippen LogP contribution < -0.4 is 15.4 Å². The van der Waals surface area contributed by atoms with Gasteiger partial charge in [-0.25, -0.2) is 19.2 Å². The summed E-state index contributed by atoms with van der Waals surface area (Å²) in [5.41, 5.74) is 1.75. The summed E-state index contributed by atoms with van der Waals surface area (Å²) < 4.78 is 25.3. The average molecular weight is 431 g/mol. The molecule has 2 N–H and O–H groups in total. The van der Waals surface area contributed by atoms with Crippen LogP contribution in [0.3, 0.4) is 0 Å². The van der Waals surface area contributed by atoms with Crippen LogP contribution in [0, 0.1) is 11.7 Å². The lowest BCUT2D eigenvalue weighted by Gasteiger charge is -2.22. The van der Waals surface area contributed by atoms with Crippen molar-refractivity contribution in [3.05, 3.63) is 30.3 Å². The van der Waals surface area contributed by atoms with E-state index in [1.165, 1.54) is 17.4 Å².